The molecule has 0 aliphatic rings. The van der Waals surface area contributed by atoms with E-state index in [0.717, 1.165) is 32.1 Å². The van der Waals surface area contributed by atoms with Crippen molar-refractivity contribution in [1.82, 2.24) is 0 Å². The fraction of sp³-hybridized carbons (Fsp3) is 1.00. The Morgan fingerprint density at radius 3 is 1.83 bits per heavy atom. The van der Waals surface area contributed by atoms with Crippen molar-refractivity contribution in [2.75, 3.05) is 6.61 Å². The Labute approximate surface area is 112 Å². The third-order valence-corrected chi connectivity index (χ3v) is 2.71. The van der Waals surface area contributed by atoms with Gasteiger partial charge in [-0.3, -0.25) is 0 Å². The zero-order chi connectivity index (χ0) is 14.4. The molecule has 0 aliphatic heterocycles. The zero-order valence-electron chi connectivity index (χ0n) is 12.2. The average Bonchev–Trinajstić information content (AvgIpc) is 2.34. The van der Waals surface area contributed by atoms with Crippen LogP contribution in [0.4, 0.5) is 0 Å². The van der Waals surface area contributed by atoms with Crippen molar-refractivity contribution < 1.29 is 20.4 Å². The molecule has 112 valence electrons. The van der Waals surface area contributed by atoms with Crippen molar-refractivity contribution in [2.24, 2.45) is 0 Å². The van der Waals surface area contributed by atoms with Gasteiger partial charge in [0.25, 0.3) is 0 Å². The van der Waals surface area contributed by atoms with Gasteiger partial charge < -0.3 is 20.4 Å². The lowest BCUT2D eigenvalue weighted by atomic mass is 10.1. The van der Waals surface area contributed by atoms with Crippen LogP contribution in [0.3, 0.4) is 0 Å². The highest BCUT2D eigenvalue weighted by Crippen LogP contribution is 2.03. The van der Waals surface area contributed by atoms with E-state index in [9.17, 15) is 0 Å². The first kappa shape index (κ1) is 20.2. The van der Waals surface area contributed by atoms with E-state index in [1.807, 2.05) is 13.8 Å². The standard InChI is InChI=1S/2C7H16O2/c1-3-7(9)5-4-6(2)8;1-2-4-7(9)5-3-6-8/h6-9H,3-5H2,1-2H3;7-9H,2-6H2,1H3. The fourth-order valence-corrected chi connectivity index (χ4v) is 1.44. The van der Waals surface area contributed by atoms with Crippen LogP contribution in [0.5, 0.6) is 0 Å². The Hall–Kier alpha value is -0.160. The van der Waals surface area contributed by atoms with Crippen molar-refractivity contribution in [3.8, 4) is 0 Å². The first-order valence-electron chi connectivity index (χ1n) is 7.12. The van der Waals surface area contributed by atoms with Crippen LogP contribution in [0, 0.1) is 0 Å². The maximum atomic E-state index is 9.07. The quantitative estimate of drug-likeness (QED) is 0.512. The van der Waals surface area contributed by atoms with Crippen molar-refractivity contribution in [2.45, 2.75) is 84.0 Å². The molecule has 18 heavy (non-hydrogen) atoms. The maximum absolute atomic E-state index is 9.07. The summed E-state index contributed by atoms with van der Waals surface area (Å²) in [5, 5.41) is 35.2. The number of hydrogen-bond donors (Lipinski definition) is 4. The highest BCUT2D eigenvalue weighted by Gasteiger charge is 2.02. The second-order valence-corrected chi connectivity index (χ2v) is 4.80. The summed E-state index contributed by atoms with van der Waals surface area (Å²) in [5.74, 6) is 0. The Bertz CT molecular complexity index is 151. The summed E-state index contributed by atoms with van der Waals surface area (Å²) in [7, 11) is 0. The molecule has 0 aromatic heterocycles. The molecule has 3 unspecified atom stereocenters. The molecule has 0 aromatic carbocycles. The molecule has 0 amide bonds. The van der Waals surface area contributed by atoms with Crippen LogP contribution >= 0.6 is 0 Å². The van der Waals surface area contributed by atoms with Crippen molar-refractivity contribution in [3.63, 3.8) is 0 Å². The molecular formula is C14H32O4. The fourth-order valence-electron chi connectivity index (χ4n) is 1.44. The van der Waals surface area contributed by atoms with Gasteiger partial charge in [0.2, 0.25) is 0 Å². The molecule has 0 aromatic rings. The Kier molecular flexibility index (Phi) is 16.7. The lowest BCUT2D eigenvalue weighted by molar-refractivity contribution is 0.120. The lowest BCUT2D eigenvalue weighted by Gasteiger charge is -2.07. The molecule has 4 N–H and O–H groups in total. The molecule has 0 radical (unpaired) electrons. The van der Waals surface area contributed by atoms with Gasteiger partial charge in [0.05, 0.1) is 18.3 Å². The zero-order valence-corrected chi connectivity index (χ0v) is 12.2. The maximum Gasteiger partial charge on any atom is 0.0541 e. The summed E-state index contributed by atoms with van der Waals surface area (Å²) < 4.78 is 0. The molecule has 0 spiro atoms. The summed E-state index contributed by atoms with van der Waals surface area (Å²) in [6, 6.07) is 0. The molecule has 4 heteroatoms. The van der Waals surface area contributed by atoms with E-state index in [4.69, 9.17) is 20.4 Å². The van der Waals surface area contributed by atoms with Crippen LogP contribution in [0.15, 0.2) is 0 Å². The molecule has 0 rings (SSSR count). The number of aliphatic hydroxyl groups is 4. The predicted molar refractivity (Wildman–Crippen MR) is 74.4 cm³/mol. The molecule has 0 saturated carbocycles. The Morgan fingerprint density at radius 1 is 0.833 bits per heavy atom. The molecule has 0 bridgehead atoms. The van der Waals surface area contributed by atoms with Gasteiger partial charge in [0.15, 0.2) is 0 Å². The Balaban J connectivity index is 0. The van der Waals surface area contributed by atoms with Gasteiger partial charge >= 0.3 is 0 Å². The van der Waals surface area contributed by atoms with E-state index in [1.165, 1.54) is 0 Å². The van der Waals surface area contributed by atoms with E-state index in [2.05, 4.69) is 0 Å². The largest absolute Gasteiger partial charge is 0.396 e. The predicted octanol–water partition coefficient (Wildman–Crippen LogP) is 1.84. The molecule has 0 saturated heterocycles. The molecule has 0 heterocycles. The summed E-state index contributed by atoms with van der Waals surface area (Å²) >= 11 is 0. The van der Waals surface area contributed by atoms with Crippen LogP contribution in [-0.2, 0) is 0 Å². The third-order valence-electron chi connectivity index (χ3n) is 2.71. The van der Waals surface area contributed by atoms with Gasteiger partial charge in [-0.2, -0.15) is 0 Å². The number of aliphatic hydroxyl groups excluding tert-OH is 4. The monoisotopic (exact) mass is 264 g/mol. The van der Waals surface area contributed by atoms with E-state index in [0.29, 0.717) is 12.8 Å². The summed E-state index contributed by atoms with van der Waals surface area (Å²) in [5.41, 5.74) is 0. The number of hydrogen-bond acceptors (Lipinski definition) is 4. The van der Waals surface area contributed by atoms with Crippen LogP contribution in [-0.4, -0.2) is 45.3 Å². The highest BCUT2D eigenvalue weighted by atomic mass is 16.3. The average molecular weight is 264 g/mol. The van der Waals surface area contributed by atoms with Crippen molar-refractivity contribution in [3.05, 3.63) is 0 Å². The topological polar surface area (TPSA) is 80.9 Å². The first-order valence-corrected chi connectivity index (χ1v) is 7.12. The molecule has 0 fully saturated rings. The summed E-state index contributed by atoms with van der Waals surface area (Å²) in [6.07, 6.45) is 4.86. The highest BCUT2D eigenvalue weighted by molar-refractivity contribution is 4.55. The third kappa shape index (κ3) is 18.2. The van der Waals surface area contributed by atoms with E-state index in [1.54, 1.807) is 6.92 Å². The van der Waals surface area contributed by atoms with Gasteiger partial charge in [-0.25, -0.2) is 0 Å². The number of rotatable bonds is 9. The lowest BCUT2D eigenvalue weighted by Crippen LogP contribution is -2.08. The minimum Gasteiger partial charge on any atom is -0.396 e. The summed E-state index contributed by atoms with van der Waals surface area (Å²) in [6.45, 7) is 5.91. The second-order valence-electron chi connectivity index (χ2n) is 4.80. The molecule has 3 atom stereocenters. The van der Waals surface area contributed by atoms with Gasteiger partial charge in [0.1, 0.15) is 0 Å². The Morgan fingerprint density at radius 2 is 1.44 bits per heavy atom. The normalized spacial score (nSPS) is 15.5. The van der Waals surface area contributed by atoms with Gasteiger partial charge in [-0.1, -0.05) is 20.3 Å². The minimum atomic E-state index is -0.272. The van der Waals surface area contributed by atoms with Crippen LogP contribution < -0.4 is 0 Å². The second kappa shape index (κ2) is 14.9. The first-order chi connectivity index (χ1) is 8.47. The molecular weight excluding hydrogens is 232 g/mol. The van der Waals surface area contributed by atoms with Crippen LogP contribution in [0.2, 0.25) is 0 Å². The molecule has 0 aliphatic carbocycles. The minimum absolute atomic E-state index is 0.192. The van der Waals surface area contributed by atoms with Crippen molar-refractivity contribution in [1.29, 1.82) is 0 Å². The van der Waals surface area contributed by atoms with Crippen molar-refractivity contribution >= 4 is 0 Å². The van der Waals surface area contributed by atoms with Crippen LogP contribution in [0.1, 0.15) is 65.7 Å². The van der Waals surface area contributed by atoms with Gasteiger partial charge in [0, 0.05) is 6.61 Å². The van der Waals surface area contributed by atoms with Crippen LogP contribution in [0.25, 0.3) is 0 Å². The van der Waals surface area contributed by atoms with E-state index < -0.39 is 0 Å². The van der Waals surface area contributed by atoms with Gasteiger partial charge in [-0.15, -0.1) is 0 Å². The van der Waals surface area contributed by atoms with E-state index >= 15 is 0 Å². The van der Waals surface area contributed by atoms with E-state index in [-0.39, 0.29) is 24.9 Å². The smallest absolute Gasteiger partial charge is 0.0541 e. The summed E-state index contributed by atoms with van der Waals surface area (Å²) in [4.78, 5) is 0. The SMILES string of the molecule is CCC(O)CCC(C)O.CCCC(O)CCCO. The van der Waals surface area contributed by atoms with Gasteiger partial charge in [-0.05, 0) is 45.4 Å². The molecule has 4 nitrogen and oxygen atoms in total.